The zero-order valence-corrected chi connectivity index (χ0v) is 32.8. The fourth-order valence-electron chi connectivity index (χ4n) is 8.16. The molecule has 2 aliphatic carbocycles. The molecule has 1 fully saturated rings. The molecule has 2 amide bonds. The Morgan fingerprint density at radius 2 is 1.57 bits per heavy atom. The van der Waals surface area contributed by atoms with Gasteiger partial charge in [0.05, 0.1) is 41.8 Å². The number of hydrogen-bond donors (Lipinski definition) is 1. The van der Waals surface area contributed by atoms with Gasteiger partial charge in [-0.15, -0.1) is 0 Å². The number of fused-ring (bicyclic) bond motifs is 4. The van der Waals surface area contributed by atoms with E-state index in [4.69, 9.17) is 51.1 Å². The molecule has 3 aromatic carbocycles. The molecule has 0 bridgehead atoms. The van der Waals surface area contributed by atoms with Crippen molar-refractivity contribution in [2.45, 2.75) is 83.5 Å². The molecule has 1 saturated carbocycles. The number of amides is 2. The third kappa shape index (κ3) is 6.35. The second kappa shape index (κ2) is 13.4. The monoisotopic (exact) mass is 791 g/mol. The van der Waals surface area contributed by atoms with E-state index in [1.54, 1.807) is 12.1 Å². The quantitative estimate of drug-likeness (QED) is 0.0636. The SMILES string of the molecule is CC(=O)Oc1cc2c(cc1C(C)C)/C(=N/NS(=O)(=O)c1ccc(C)cc1)C[C@H]1[C@](C)(CN3C(=O)c4c(Cl)c(Cl)c(Cl)c(Cl)c4C3=O)CCC[C@]21C. The molecule has 9 nitrogen and oxygen atoms in total. The molecule has 14 heteroatoms. The van der Waals surface area contributed by atoms with Crippen LogP contribution in [0.2, 0.25) is 20.1 Å². The normalized spacial score (nSPS) is 23.7. The van der Waals surface area contributed by atoms with Crippen molar-refractivity contribution in [3.8, 4) is 5.75 Å². The highest BCUT2D eigenvalue weighted by Crippen LogP contribution is 2.59. The number of ether oxygens (including phenoxy) is 1. The Morgan fingerprint density at radius 3 is 2.12 bits per heavy atom. The van der Waals surface area contributed by atoms with E-state index >= 15 is 0 Å². The fraction of sp³-hybridized carbons (Fsp3) is 0.405. The lowest BCUT2D eigenvalue weighted by molar-refractivity contribution is -0.131. The molecule has 0 saturated heterocycles. The Labute approximate surface area is 317 Å². The molecule has 270 valence electrons. The Balaban J connectivity index is 1.47. The van der Waals surface area contributed by atoms with E-state index in [0.29, 0.717) is 24.3 Å². The molecular weight excluding hydrogens is 756 g/mol. The topological polar surface area (TPSA) is 122 Å². The van der Waals surface area contributed by atoms with Crippen molar-refractivity contribution in [3.05, 3.63) is 89.9 Å². The van der Waals surface area contributed by atoms with E-state index < -0.39 is 38.6 Å². The molecule has 3 atom stereocenters. The number of imide groups is 1. The molecule has 1 heterocycles. The second-order valence-corrected chi connectivity index (χ2v) is 17.7. The lowest BCUT2D eigenvalue weighted by atomic mass is 9.49. The molecule has 1 aliphatic heterocycles. The van der Waals surface area contributed by atoms with Crippen LogP contribution in [0.5, 0.6) is 5.75 Å². The van der Waals surface area contributed by atoms with Gasteiger partial charge in [-0.05, 0) is 84.2 Å². The molecule has 0 spiro atoms. The summed E-state index contributed by atoms with van der Waals surface area (Å²) in [5, 5.41) is 4.08. The van der Waals surface area contributed by atoms with E-state index in [1.807, 2.05) is 39.8 Å². The molecule has 6 rings (SSSR count). The van der Waals surface area contributed by atoms with Gasteiger partial charge in [0.1, 0.15) is 5.75 Å². The number of nitrogens with zero attached hydrogens (tertiary/aromatic N) is 2. The van der Waals surface area contributed by atoms with Crippen molar-refractivity contribution in [2.75, 3.05) is 6.54 Å². The lowest BCUT2D eigenvalue weighted by Crippen LogP contribution is -2.55. The van der Waals surface area contributed by atoms with Crippen LogP contribution >= 0.6 is 46.4 Å². The van der Waals surface area contributed by atoms with Gasteiger partial charge in [-0.25, -0.2) is 0 Å². The van der Waals surface area contributed by atoms with Crippen molar-refractivity contribution in [1.82, 2.24) is 9.73 Å². The highest BCUT2D eigenvalue weighted by molar-refractivity contribution is 7.89. The zero-order valence-electron chi connectivity index (χ0n) is 28.9. The first-order valence-electron chi connectivity index (χ1n) is 16.5. The summed E-state index contributed by atoms with van der Waals surface area (Å²) in [6, 6.07) is 10.3. The van der Waals surface area contributed by atoms with E-state index in [0.717, 1.165) is 40.0 Å². The highest BCUT2D eigenvalue weighted by atomic mass is 35.5. The van der Waals surface area contributed by atoms with Gasteiger partial charge in [-0.1, -0.05) is 98.2 Å². The van der Waals surface area contributed by atoms with Crippen LogP contribution < -0.4 is 9.57 Å². The van der Waals surface area contributed by atoms with Crippen molar-refractivity contribution >= 4 is 79.9 Å². The average molecular weight is 794 g/mol. The molecule has 3 aliphatic rings. The third-order valence-electron chi connectivity index (χ3n) is 10.7. The minimum atomic E-state index is -4.03. The van der Waals surface area contributed by atoms with E-state index in [1.165, 1.54) is 19.1 Å². The van der Waals surface area contributed by atoms with Gasteiger partial charge in [0, 0.05) is 19.0 Å². The van der Waals surface area contributed by atoms with Crippen molar-refractivity contribution in [1.29, 1.82) is 0 Å². The van der Waals surface area contributed by atoms with Gasteiger partial charge in [-0.2, -0.15) is 18.4 Å². The van der Waals surface area contributed by atoms with Gasteiger partial charge >= 0.3 is 5.97 Å². The second-order valence-electron chi connectivity index (χ2n) is 14.5. The Morgan fingerprint density at radius 1 is 0.980 bits per heavy atom. The van der Waals surface area contributed by atoms with Gasteiger partial charge in [0.25, 0.3) is 21.8 Å². The van der Waals surface area contributed by atoms with Gasteiger partial charge in [-0.3, -0.25) is 19.3 Å². The molecule has 1 N–H and O–H groups in total. The Bertz CT molecular complexity index is 2110. The zero-order chi connectivity index (χ0) is 37.4. The standard InChI is InChI=1S/C37H37Cl4N3O6S/c1-18(2)22-14-23-24(15-26(22)50-20(4)45)37(6)13-7-12-36(5,17-44-34(46)28-29(35(44)47)31(39)33(41)32(40)30(28)38)27(37)16-25(23)42-43-51(48,49)21-10-8-19(3)9-11-21/h8-11,14-15,18,27,43H,7,12-13,16-17H2,1-6H3/b42-25+/t27-,36-,37+/m0/s1. The minimum absolute atomic E-state index is 0.0140. The van der Waals surface area contributed by atoms with Crippen LogP contribution in [0.3, 0.4) is 0 Å². The van der Waals surface area contributed by atoms with Crippen LogP contribution in [0.1, 0.15) is 109 Å². The van der Waals surface area contributed by atoms with Crippen LogP contribution in [0.25, 0.3) is 0 Å². The summed E-state index contributed by atoms with van der Waals surface area (Å²) in [7, 11) is -4.03. The van der Waals surface area contributed by atoms with E-state index in [2.05, 4.69) is 16.9 Å². The third-order valence-corrected chi connectivity index (χ3v) is 13.8. The van der Waals surface area contributed by atoms with Gasteiger partial charge in [0.15, 0.2) is 0 Å². The average Bonchev–Trinajstić information content (AvgIpc) is 3.30. The number of carbonyl (C=O) groups is 3. The fourth-order valence-corrected chi connectivity index (χ4v) is 10.0. The van der Waals surface area contributed by atoms with Crippen molar-refractivity contribution < 1.29 is 27.5 Å². The first-order chi connectivity index (χ1) is 23.8. The molecule has 0 unspecified atom stereocenters. The molecule has 3 aromatic rings. The molecule has 51 heavy (non-hydrogen) atoms. The Kier molecular flexibility index (Phi) is 9.85. The summed E-state index contributed by atoms with van der Waals surface area (Å²) in [5.41, 5.74) is 2.33. The number of aryl methyl sites for hydroxylation is 1. The first kappa shape index (κ1) is 37.6. The number of hydrogen-bond acceptors (Lipinski definition) is 7. The summed E-state index contributed by atoms with van der Waals surface area (Å²) in [5.74, 6) is -1.58. The largest absolute Gasteiger partial charge is 0.426 e. The van der Waals surface area contributed by atoms with Crippen LogP contribution in [-0.4, -0.2) is 43.4 Å². The predicted molar refractivity (Wildman–Crippen MR) is 199 cm³/mol. The number of halogens is 4. The first-order valence-corrected chi connectivity index (χ1v) is 19.5. The van der Waals surface area contributed by atoms with Crippen LogP contribution in [0.4, 0.5) is 0 Å². The molecule has 0 aromatic heterocycles. The number of benzene rings is 3. The van der Waals surface area contributed by atoms with E-state index in [-0.39, 0.29) is 54.5 Å². The maximum absolute atomic E-state index is 13.9. The predicted octanol–water partition coefficient (Wildman–Crippen LogP) is 9.10. The number of nitrogens with one attached hydrogen (secondary N) is 1. The minimum Gasteiger partial charge on any atom is -0.426 e. The van der Waals surface area contributed by atoms with Crippen molar-refractivity contribution in [3.63, 3.8) is 0 Å². The number of carbonyl (C=O) groups excluding carboxylic acids is 3. The summed E-state index contributed by atoms with van der Waals surface area (Å²) in [4.78, 5) is 43.7. The van der Waals surface area contributed by atoms with Crippen LogP contribution in [0, 0.1) is 18.3 Å². The van der Waals surface area contributed by atoms with Gasteiger partial charge in [0.2, 0.25) is 0 Å². The summed E-state index contributed by atoms with van der Waals surface area (Å²) in [6.07, 6.45) is 2.46. The summed E-state index contributed by atoms with van der Waals surface area (Å²) < 4.78 is 32.6. The number of sulfonamides is 1. The van der Waals surface area contributed by atoms with Crippen LogP contribution in [0.15, 0.2) is 46.4 Å². The lowest BCUT2D eigenvalue weighted by Gasteiger charge is -2.56. The van der Waals surface area contributed by atoms with Crippen LogP contribution in [-0.2, 0) is 20.2 Å². The highest BCUT2D eigenvalue weighted by Gasteiger charge is 2.56. The van der Waals surface area contributed by atoms with Crippen molar-refractivity contribution in [2.24, 2.45) is 16.4 Å². The maximum atomic E-state index is 13.9. The van der Waals surface area contributed by atoms with E-state index in [9.17, 15) is 22.8 Å². The van der Waals surface area contributed by atoms with Gasteiger partial charge < -0.3 is 4.74 Å². The smallest absolute Gasteiger partial charge is 0.308 e. The molecule has 0 radical (unpaired) electrons. The maximum Gasteiger partial charge on any atom is 0.308 e. The summed E-state index contributed by atoms with van der Waals surface area (Å²) in [6.45, 7) is 11.3. The number of esters is 1. The number of hydrazone groups is 1. The Hall–Kier alpha value is -3.15. The number of rotatable bonds is 7. The summed E-state index contributed by atoms with van der Waals surface area (Å²) >= 11 is 25.5. The molecular formula is C37H37Cl4N3O6S.